The molecule has 0 aliphatic carbocycles. The van der Waals surface area contributed by atoms with E-state index in [1.54, 1.807) is 11.8 Å². The van der Waals surface area contributed by atoms with Gasteiger partial charge in [0.25, 0.3) is 0 Å². The van der Waals surface area contributed by atoms with E-state index in [2.05, 4.69) is 10.3 Å². The van der Waals surface area contributed by atoms with Gasteiger partial charge in [-0.1, -0.05) is 18.2 Å². The summed E-state index contributed by atoms with van der Waals surface area (Å²) in [7, 11) is 0. The number of nitrogens with one attached hydrogen (secondary N) is 2. The molecule has 4 N–H and O–H groups in total. The fourth-order valence-electron chi connectivity index (χ4n) is 3.07. The maximum Gasteiger partial charge on any atom is 0.245 e. The number of para-hydroxylation sites is 1. The van der Waals surface area contributed by atoms with Crippen molar-refractivity contribution in [2.45, 2.75) is 25.4 Å². The highest BCUT2D eigenvalue weighted by molar-refractivity contribution is 5.90. The average molecular weight is 344 g/mol. The molecular formula is C18H24N4O3. The number of fused-ring (bicyclic) bond motifs is 1. The maximum absolute atomic E-state index is 12.4. The van der Waals surface area contributed by atoms with Gasteiger partial charge in [-0.3, -0.25) is 9.59 Å². The molecule has 2 aromatic rings. The Labute approximate surface area is 146 Å². The number of carbonyl (C=O) groups excluding carboxylic acids is 2. The highest BCUT2D eigenvalue weighted by atomic mass is 16.5. The first kappa shape index (κ1) is 17.4. The van der Waals surface area contributed by atoms with Crippen LogP contribution >= 0.6 is 0 Å². The summed E-state index contributed by atoms with van der Waals surface area (Å²) in [5.74, 6) is -0.421. The predicted molar refractivity (Wildman–Crippen MR) is 95.0 cm³/mol. The van der Waals surface area contributed by atoms with Gasteiger partial charge in [0.15, 0.2) is 0 Å². The molecule has 0 bridgehead atoms. The number of ether oxygens (including phenoxy) is 1. The van der Waals surface area contributed by atoms with Crippen molar-refractivity contribution < 1.29 is 14.3 Å². The van der Waals surface area contributed by atoms with Crippen molar-refractivity contribution in [3.63, 3.8) is 0 Å². The zero-order valence-corrected chi connectivity index (χ0v) is 14.3. The molecule has 1 unspecified atom stereocenters. The average Bonchev–Trinajstić information content (AvgIpc) is 3.04. The highest BCUT2D eigenvalue weighted by Gasteiger charge is 2.25. The molecule has 0 spiro atoms. The van der Waals surface area contributed by atoms with Gasteiger partial charge in [0, 0.05) is 30.2 Å². The smallest absolute Gasteiger partial charge is 0.245 e. The third-order valence-electron chi connectivity index (χ3n) is 4.50. The minimum atomic E-state index is -0.709. The summed E-state index contributed by atoms with van der Waals surface area (Å²) in [5.41, 5.74) is 8.06. The SMILES string of the molecule is CC(NC(=O)[C@@H](N)Cc1c[nH]c2ccccc12)C(=O)N1CCOCC1. The predicted octanol–water partition coefficient (Wildman–Crippen LogP) is 0.401. The second-order valence-corrected chi connectivity index (χ2v) is 6.34. The van der Waals surface area contributed by atoms with Crippen molar-refractivity contribution >= 4 is 22.7 Å². The van der Waals surface area contributed by atoms with E-state index >= 15 is 0 Å². The molecule has 7 heteroatoms. The third kappa shape index (κ3) is 4.00. The van der Waals surface area contributed by atoms with Crippen molar-refractivity contribution in [3.8, 4) is 0 Å². The van der Waals surface area contributed by atoms with Crippen LogP contribution in [0.25, 0.3) is 10.9 Å². The number of aromatic nitrogens is 1. The summed E-state index contributed by atoms with van der Waals surface area (Å²) in [6, 6.07) is 6.57. The Kier molecular flexibility index (Phi) is 5.35. The number of rotatable bonds is 5. The van der Waals surface area contributed by atoms with E-state index in [-0.39, 0.29) is 11.8 Å². The number of H-pyrrole nitrogens is 1. The Morgan fingerprint density at radius 2 is 2.04 bits per heavy atom. The molecule has 0 radical (unpaired) electrons. The highest BCUT2D eigenvalue weighted by Crippen LogP contribution is 2.18. The molecule has 2 atom stereocenters. The van der Waals surface area contributed by atoms with E-state index in [1.165, 1.54) is 0 Å². The molecule has 1 aromatic carbocycles. The molecule has 1 saturated heterocycles. The minimum Gasteiger partial charge on any atom is -0.378 e. The standard InChI is InChI=1S/C18H24N4O3/c1-12(18(24)22-6-8-25-9-7-22)21-17(23)15(19)10-13-11-20-16-5-3-2-4-14(13)16/h2-5,11-12,15,20H,6-10,19H2,1H3,(H,21,23)/t12?,15-/m0/s1. The van der Waals surface area contributed by atoms with Gasteiger partial charge >= 0.3 is 0 Å². The van der Waals surface area contributed by atoms with Crippen LogP contribution in [0.3, 0.4) is 0 Å². The minimum absolute atomic E-state index is 0.101. The quantitative estimate of drug-likeness (QED) is 0.731. The summed E-state index contributed by atoms with van der Waals surface area (Å²) in [5, 5.41) is 3.79. The van der Waals surface area contributed by atoms with E-state index < -0.39 is 12.1 Å². The second kappa shape index (κ2) is 7.67. The first-order valence-corrected chi connectivity index (χ1v) is 8.53. The summed E-state index contributed by atoms with van der Waals surface area (Å²) in [4.78, 5) is 29.6. The Hall–Kier alpha value is -2.38. The Balaban J connectivity index is 1.57. The molecule has 7 nitrogen and oxygen atoms in total. The fourth-order valence-corrected chi connectivity index (χ4v) is 3.07. The van der Waals surface area contributed by atoms with Gasteiger partial charge in [-0.15, -0.1) is 0 Å². The number of hydrogen-bond acceptors (Lipinski definition) is 4. The molecule has 134 valence electrons. The lowest BCUT2D eigenvalue weighted by atomic mass is 10.0. The van der Waals surface area contributed by atoms with Crippen molar-refractivity contribution in [1.82, 2.24) is 15.2 Å². The Bertz CT molecular complexity index is 752. The molecule has 0 saturated carbocycles. The number of carbonyl (C=O) groups is 2. The van der Waals surface area contributed by atoms with E-state index in [1.807, 2.05) is 30.5 Å². The van der Waals surface area contributed by atoms with Crippen LogP contribution in [0.5, 0.6) is 0 Å². The molecule has 25 heavy (non-hydrogen) atoms. The molecule has 2 heterocycles. The van der Waals surface area contributed by atoms with Gasteiger partial charge in [-0.25, -0.2) is 0 Å². The topological polar surface area (TPSA) is 100 Å². The number of morpholine rings is 1. The molecule has 1 aliphatic rings. The number of hydrogen-bond donors (Lipinski definition) is 3. The van der Waals surface area contributed by atoms with Gasteiger partial charge < -0.3 is 25.7 Å². The summed E-state index contributed by atoms with van der Waals surface area (Å²) in [6.07, 6.45) is 2.29. The summed E-state index contributed by atoms with van der Waals surface area (Å²) < 4.78 is 5.24. The van der Waals surface area contributed by atoms with Gasteiger partial charge in [0.2, 0.25) is 11.8 Å². The summed E-state index contributed by atoms with van der Waals surface area (Å²) >= 11 is 0. The van der Waals surface area contributed by atoms with Crippen LogP contribution in [0.2, 0.25) is 0 Å². The number of amides is 2. The zero-order chi connectivity index (χ0) is 17.8. The van der Waals surface area contributed by atoms with Crippen LogP contribution in [0.4, 0.5) is 0 Å². The van der Waals surface area contributed by atoms with Crippen molar-refractivity contribution in [3.05, 3.63) is 36.0 Å². The lowest BCUT2D eigenvalue weighted by Gasteiger charge is -2.29. The lowest BCUT2D eigenvalue weighted by Crippen LogP contribution is -2.53. The van der Waals surface area contributed by atoms with Gasteiger partial charge in [0.1, 0.15) is 6.04 Å². The van der Waals surface area contributed by atoms with E-state index in [0.29, 0.717) is 32.7 Å². The third-order valence-corrected chi connectivity index (χ3v) is 4.50. The fraction of sp³-hybridized carbons (Fsp3) is 0.444. The van der Waals surface area contributed by atoms with Crippen molar-refractivity contribution in [1.29, 1.82) is 0 Å². The van der Waals surface area contributed by atoms with E-state index in [0.717, 1.165) is 16.5 Å². The first-order valence-electron chi connectivity index (χ1n) is 8.53. The van der Waals surface area contributed by atoms with E-state index in [4.69, 9.17) is 10.5 Å². The number of nitrogens with two attached hydrogens (primary N) is 1. The summed E-state index contributed by atoms with van der Waals surface area (Å²) in [6.45, 7) is 3.87. The second-order valence-electron chi connectivity index (χ2n) is 6.34. The molecule has 1 aliphatic heterocycles. The maximum atomic E-state index is 12.4. The molecule has 1 fully saturated rings. The molecule has 2 amide bonds. The van der Waals surface area contributed by atoms with Crippen LogP contribution < -0.4 is 11.1 Å². The molecule has 1 aromatic heterocycles. The Morgan fingerprint density at radius 3 is 2.80 bits per heavy atom. The number of benzene rings is 1. The van der Waals surface area contributed by atoms with Crippen LogP contribution in [0.1, 0.15) is 12.5 Å². The van der Waals surface area contributed by atoms with Crippen molar-refractivity contribution in [2.75, 3.05) is 26.3 Å². The van der Waals surface area contributed by atoms with E-state index in [9.17, 15) is 9.59 Å². The van der Waals surface area contributed by atoms with Gasteiger partial charge in [0.05, 0.1) is 19.3 Å². The Morgan fingerprint density at radius 1 is 1.32 bits per heavy atom. The number of nitrogens with zero attached hydrogens (tertiary/aromatic N) is 1. The zero-order valence-electron chi connectivity index (χ0n) is 14.3. The first-order chi connectivity index (χ1) is 12.1. The van der Waals surface area contributed by atoms with Crippen molar-refractivity contribution in [2.24, 2.45) is 5.73 Å². The number of aromatic amines is 1. The normalized spacial score (nSPS) is 17.3. The largest absolute Gasteiger partial charge is 0.378 e. The van der Waals surface area contributed by atoms with Crippen LogP contribution in [-0.4, -0.2) is 60.1 Å². The molecular weight excluding hydrogens is 320 g/mol. The van der Waals surface area contributed by atoms with Gasteiger partial charge in [-0.2, -0.15) is 0 Å². The van der Waals surface area contributed by atoms with Crippen LogP contribution in [0, 0.1) is 0 Å². The van der Waals surface area contributed by atoms with Crippen LogP contribution in [0.15, 0.2) is 30.5 Å². The van der Waals surface area contributed by atoms with Gasteiger partial charge in [-0.05, 0) is 25.0 Å². The molecule has 3 rings (SSSR count). The van der Waals surface area contributed by atoms with Crippen LogP contribution in [-0.2, 0) is 20.7 Å². The monoisotopic (exact) mass is 344 g/mol. The lowest BCUT2D eigenvalue weighted by molar-refractivity contribution is -0.139.